The minimum atomic E-state index is 0. The summed E-state index contributed by atoms with van der Waals surface area (Å²) < 4.78 is 10.5. The van der Waals surface area contributed by atoms with Crippen LogP contribution in [0, 0.1) is 0 Å². The van der Waals surface area contributed by atoms with Gasteiger partial charge in [-0.3, -0.25) is 0 Å². The van der Waals surface area contributed by atoms with Crippen LogP contribution in [0.15, 0.2) is 73.1 Å². The molecule has 0 N–H and O–H groups in total. The average molecular weight is 568 g/mol. The van der Waals surface area contributed by atoms with E-state index in [0.29, 0.717) is 6.61 Å². The molecular formula is C25H31IrN2O-. The van der Waals surface area contributed by atoms with Gasteiger partial charge in [0.2, 0.25) is 5.88 Å². The van der Waals surface area contributed by atoms with Gasteiger partial charge in [0.05, 0.1) is 6.61 Å². The first kappa shape index (κ1) is 24.6. The smallest absolute Gasteiger partial charge is 0.244 e. The number of hydrogen-bond acceptors (Lipinski definition) is 1. The van der Waals surface area contributed by atoms with Crippen molar-refractivity contribution in [1.82, 2.24) is 4.40 Å². The SMILES string of the molecule is C.C.C.CCCOc1cn2c3ccccc3c3cccc4[cH-]cc[cH-][n+]1c2c43.[Ir]. The van der Waals surface area contributed by atoms with Gasteiger partial charge >= 0.3 is 0 Å². The number of benzene rings is 2. The number of para-hydroxylation sites is 1. The fourth-order valence-corrected chi connectivity index (χ4v) is 3.73. The zero-order chi connectivity index (χ0) is 16.8. The summed E-state index contributed by atoms with van der Waals surface area (Å²) in [4.78, 5) is 0. The summed E-state index contributed by atoms with van der Waals surface area (Å²) in [5, 5.41) is 5.02. The van der Waals surface area contributed by atoms with Crippen LogP contribution in [0.5, 0.6) is 5.88 Å². The number of nitrogens with zero attached hydrogens (tertiary/aromatic N) is 2. The van der Waals surface area contributed by atoms with Crippen molar-refractivity contribution in [2.24, 2.45) is 0 Å². The predicted molar refractivity (Wildman–Crippen MR) is 122 cm³/mol. The first-order valence-electron chi connectivity index (χ1n) is 8.76. The molecule has 5 rings (SSSR count). The number of hydrogen-bond donors (Lipinski definition) is 0. The van der Waals surface area contributed by atoms with E-state index in [9.17, 15) is 0 Å². The van der Waals surface area contributed by atoms with Crippen LogP contribution in [0.4, 0.5) is 0 Å². The first-order valence-corrected chi connectivity index (χ1v) is 8.76. The third-order valence-electron chi connectivity index (χ3n) is 4.78. The number of fused-ring (bicyclic) bond motifs is 3. The summed E-state index contributed by atoms with van der Waals surface area (Å²) in [6.45, 7) is 2.84. The third kappa shape index (κ3) is 3.75. The zero-order valence-electron chi connectivity index (χ0n) is 14.5. The van der Waals surface area contributed by atoms with Crippen molar-refractivity contribution in [2.75, 3.05) is 6.61 Å². The Morgan fingerprint density at radius 1 is 0.966 bits per heavy atom. The molecule has 0 aliphatic heterocycles. The Labute approximate surface area is 187 Å². The molecule has 1 radical (unpaired) electrons. The normalized spacial score (nSPS) is 10.1. The molecule has 4 heteroatoms. The second-order valence-corrected chi connectivity index (χ2v) is 6.37. The molecule has 0 saturated heterocycles. The molecule has 0 aliphatic rings. The van der Waals surface area contributed by atoms with Gasteiger partial charge in [-0.25, -0.2) is 10.5 Å². The Hall–Kier alpha value is -2.42. The van der Waals surface area contributed by atoms with Crippen molar-refractivity contribution >= 4 is 32.7 Å². The second-order valence-electron chi connectivity index (χ2n) is 6.37. The fourth-order valence-electron chi connectivity index (χ4n) is 3.73. The maximum absolute atomic E-state index is 6.05. The summed E-state index contributed by atoms with van der Waals surface area (Å²) in [6.07, 6.45) is 5.18. The molecule has 0 fully saturated rings. The molecule has 3 heterocycles. The number of pyridine rings is 1. The monoisotopic (exact) mass is 568 g/mol. The Balaban J connectivity index is 0.00000105. The van der Waals surface area contributed by atoms with E-state index in [2.05, 4.69) is 88.8 Å². The minimum Gasteiger partial charge on any atom is -0.502 e. The van der Waals surface area contributed by atoms with Crippen molar-refractivity contribution in [1.29, 1.82) is 0 Å². The molecule has 157 valence electrons. The van der Waals surface area contributed by atoms with E-state index >= 15 is 0 Å². The van der Waals surface area contributed by atoms with Crippen LogP contribution in [0.25, 0.3) is 32.7 Å². The summed E-state index contributed by atoms with van der Waals surface area (Å²) in [5.74, 6) is 0.876. The molecular weight excluding hydrogens is 537 g/mol. The van der Waals surface area contributed by atoms with Crippen LogP contribution >= 0.6 is 0 Å². The van der Waals surface area contributed by atoms with E-state index in [-0.39, 0.29) is 42.4 Å². The minimum absolute atomic E-state index is 0. The fraction of sp³-hybridized carbons (Fsp3) is 0.240. The van der Waals surface area contributed by atoms with E-state index in [1.54, 1.807) is 0 Å². The van der Waals surface area contributed by atoms with Gasteiger partial charge in [-0.15, -0.1) is 12.1 Å². The summed E-state index contributed by atoms with van der Waals surface area (Å²) in [5.41, 5.74) is 2.34. The summed E-state index contributed by atoms with van der Waals surface area (Å²) in [7, 11) is 0. The molecule has 3 nitrogen and oxygen atoms in total. The van der Waals surface area contributed by atoms with Gasteiger partial charge in [0.1, 0.15) is 11.7 Å². The molecule has 5 aromatic rings. The second kappa shape index (κ2) is 9.86. The Morgan fingerprint density at radius 3 is 2.52 bits per heavy atom. The van der Waals surface area contributed by atoms with Gasteiger partial charge in [0, 0.05) is 25.5 Å². The number of imidazole rings is 1. The molecule has 0 bridgehead atoms. The first-order chi connectivity index (χ1) is 12.4. The largest absolute Gasteiger partial charge is 0.502 e. The van der Waals surface area contributed by atoms with Crippen LogP contribution in [0.2, 0.25) is 0 Å². The van der Waals surface area contributed by atoms with Gasteiger partial charge in [-0.2, -0.15) is 17.5 Å². The standard InChI is InChI=1S/C22H19N2O.3CH4.Ir/c1-2-14-25-20-15-24-19-12-4-3-10-17(19)18-11-7-9-16-8-5-6-13-23(20)22(24)21(16)18;;;;/h3-13,15H,2,14H2,1H3;3*1H4;/q-1;;;;. The topological polar surface area (TPSA) is 17.7 Å². The quantitative estimate of drug-likeness (QED) is 0.135. The van der Waals surface area contributed by atoms with Crippen LogP contribution in [-0.4, -0.2) is 11.0 Å². The van der Waals surface area contributed by atoms with Crippen LogP contribution in [-0.2, 0) is 20.1 Å². The number of rotatable bonds is 3. The van der Waals surface area contributed by atoms with Crippen molar-refractivity contribution in [3.63, 3.8) is 0 Å². The molecule has 29 heavy (non-hydrogen) atoms. The predicted octanol–water partition coefficient (Wildman–Crippen LogP) is 6.68. The van der Waals surface area contributed by atoms with E-state index in [1.807, 2.05) is 0 Å². The summed E-state index contributed by atoms with van der Waals surface area (Å²) in [6, 6.07) is 21.4. The van der Waals surface area contributed by atoms with E-state index in [4.69, 9.17) is 4.74 Å². The van der Waals surface area contributed by atoms with E-state index in [1.165, 1.54) is 27.1 Å². The summed E-state index contributed by atoms with van der Waals surface area (Å²) >= 11 is 0. The maximum Gasteiger partial charge on any atom is 0.244 e. The molecule has 0 aliphatic carbocycles. The van der Waals surface area contributed by atoms with Crippen LogP contribution < -0.4 is 9.14 Å². The van der Waals surface area contributed by atoms with Crippen LogP contribution in [0.1, 0.15) is 35.6 Å². The molecule has 0 unspecified atom stereocenters. The van der Waals surface area contributed by atoms with Gasteiger partial charge in [-0.05, 0) is 24.1 Å². The maximum atomic E-state index is 6.05. The number of ether oxygens (including phenoxy) is 1. The molecule has 0 amide bonds. The van der Waals surface area contributed by atoms with Gasteiger partial charge < -0.3 is 9.14 Å². The van der Waals surface area contributed by atoms with E-state index in [0.717, 1.165) is 17.9 Å². The van der Waals surface area contributed by atoms with E-state index < -0.39 is 0 Å². The third-order valence-corrected chi connectivity index (χ3v) is 4.78. The van der Waals surface area contributed by atoms with Crippen LogP contribution in [0.3, 0.4) is 0 Å². The molecule has 2 aromatic carbocycles. The van der Waals surface area contributed by atoms with Crippen molar-refractivity contribution in [2.45, 2.75) is 35.6 Å². The molecule has 0 saturated carbocycles. The Bertz CT molecular complexity index is 1240. The number of aromatic nitrogens is 2. The van der Waals surface area contributed by atoms with Crippen molar-refractivity contribution < 1.29 is 29.2 Å². The molecule has 0 atom stereocenters. The Kier molecular flexibility index (Phi) is 8.37. The Morgan fingerprint density at radius 2 is 1.72 bits per heavy atom. The molecule has 3 aromatic heterocycles. The zero-order valence-corrected chi connectivity index (χ0v) is 16.9. The van der Waals surface area contributed by atoms with Crippen molar-refractivity contribution in [3.05, 3.63) is 73.1 Å². The molecule has 0 spiro atoms. The van der Waals surface area contributed by atoms with Gasteiger partial charge in [-0.1, -0.05) is 58.9 Å². The average Bonchev–Trinajstić information content (AvgIpc) is 2.99. The van der Waals surface area contributed by atoms with Gasteiger partial charge in [0.25, 0.3) is 0 Å². The van der Waals surface area contributed by atoms with Gasteiger partial charge in [0.15, 0.2) is 5.65 Å². The van der Waals surface area contributed by atoms with Crippen molar-refractivity contribution in [3.8, 4) is 5.88 Å².